The van der Waals surface area contributed by atoms with E-state index in [0.717, 1.165) is 0 Å². The van der Waals surface area contributed by atoms with Crippen molar-refractivity contribution in [2.75, 3.05) is 13.1 Å². The van der Waals surface area contributed by atoms with E-state index in [4.69, 9.17) is 0 Å². The lowest BCUT2D eigenvalue weighted by Gasteiger charge is -2.37. The second-order valence-corrected chi connectivity index (χ2v) is 9.91. The number of nitrogens with one attached hydrogen (secondary N) is 3. The highest BCUT2D eigenvalue weighted by atomic mass is 19.4. The van der Waals surface area contributed by atoms with E-state index in [9.17, 15) is 50.8 Å². The van der Waals surface area contributed by atoms with Gasteiger partial charge in [0.1, 0.15) is 12.1 Å². The second kappa shape index (κ2) is 10.6. The van der Waals surface area contributed by atoms with Crippen LogP contribution in [0, 0.1) is 28.6 Å². The molecule has 2 fully saturated rings. The molecular formula is C21H27F6N5O4. The van der Waals surface area contributed by atoms with Crippen LogP contribution in [0.3, 0.4) is 0 Å². The van der Waals surface area contributed by atoms with Gasteiger partial charge in [-0.2, -0.15) is 31.6 Å². The third kappa shape index (κ3) is 6.86. The minimum absolute atomic E-state index is 0.249. The lowest BCUT2D eigenvalue weighted by atomic mass is 9.84. The van der Waals surface area contributed by atoms with Gasteiger partial charge in [0.05, 0.1) is 18.0 Å². The maximum absolute atomic E-state index is 13.5. The fourth-order valence-corrected chi connectivity index (χ4v) is 4.11. The van der Waals surface area contributed by atoms with Crippen LogP contribution in [-0.4, -0.2) is 72.1 Å². The standard InChI is InChI=1S/C21H27F6N5O4/c1-19(2,3)14(31-18(36)21(25,26)27)17(35)32(12(8-28)6-10-4-5-29-15(10)33)16(34)13-7-11(9-30-13)20(22,23)24/h10-14,30H,4-7,9H2,1-3H3,(H,29,33)(H,31,36)/t10-,11+,12-,13-,14+/m0/s1. The van der Waals surface area contributed by atoms with Crippen LogP contribution in [0.5, 0.6) is 0 Å². The van der Waals surface area contributed by atoms with Gasteiger partial charge in [0.2, 0.25) is 11.8 Å². The minimum atomic E-state index is -5.37. The van der Waals surface area contributed by atoms with Crippen molar-refractivity contribution in [2.45, 2.75) is 70.5 Å². The minimum Gasteiger partial charge on any atom is -0.356 e. The first kappa shape index (κ1) is 29.3. The van der Waals surface area contributed by atoms with E-state index in [0.29, 0.717) is 4.90 Å². The number of amides is 4. The molecule has 9 nitrogen and oxygen atoms in total. The number of hydrogen-bond donors (Lipinski definition) is 3. The largest absolute Gasteiger partial charge is 0.471 e. The summed E-state index contributed by atoms with van der Waals surface area (Å²) in [6.07, 6.45) is -10.9. The number of nitrogens with zero attached hydrogens (tertiary/aromatic N) is 2. The van der Waals surface area contributed by atoms with Crippen LogP contribution in [0.2, 0.25) is 0 Å². The Morgan fingerprint density at radius 2 is 1.78 bits per heavy atom. The molecule has 15 heteroatoms. The number of nitriles is 1. The average Bonchev–Trinajstić information content (AvgIpc) is 3.38. The zero-order valence-corrected chi connectivity index (χ0v) is 19.7. The lowest BCUT2D eigenvalue weighted by molar-refractivity contribution is -0.176. The van der Waals surface area contributed by atoms with Gasteiger partial charge in [-0.15, -0.1) is 0 Å². The first-order chi connectivity index (χ1) is 16.4. The summed E-state index contributed by atoms with van der Waals surface area (Å²) in [6.45, 7) is 3.52. The zero-order chi connectivity index (χ0) is 27.6. The van der Waals surface area contributed by atoms with Crippen molar-refractivity contribution in [2.24, 2.45) is 17.3 Å². The van der Waals surface area contributed by atoms with Crippen LogP contribution in [0.25, 0.3) is 0 Å². The van der Waals surface area contributed by atoms with Crippen LogP contribution in [0.15, 0.2) is 0 Å². The molecule has 2 aliphatic rings. The van der Waals surface area contributed by atoms with E-state index in [1.807, 2.05) is 0 Å². The number of carbonyl (C=O) groups is 4. The molecule has 0 bridgehead atoms. The second-order valence-electron chi connectivity index (χ2n) is 9.91. The summed E-state index contributed by atoms with van der Waals surface area (Å²) in [5.74, 6) is -8.32. The Bertz CT molecular complexity index is 924. The monoisotopic (exact) mass is 527 g/mol. The molecule has 202 valence electrons. The summed E-state index contributed by atoms with van der Waals surface area (Å²) in [5, 5.41) is 16.2. The Morgan fingerprint density at radius 3 is 2.19 bits per heavy atom. The fraction of sp³-hybridized carbons (Fsp3) is 0.762. The van der Waals surface area contributed by atoms with E-state index in [2.05, 4.69) is 10.6 Å². The van der Waals surface area contributed by atoms with Gasteiger partial charge in [0, 0.05) is 19.0 Å². The van der Waals surface area contributed by atoms with Gasteiger partial charge in [-0.05, 0) is 24.7 Å². The molecule has 0 unspecified atom stereocenters. The molecule has 0 aromatic carbocycles. The topological polar surface area (TPSA) is 131 Å². The Morgan fingerprint density at radius 1 is 1.17 bits per heavy atom. The van der Waals surface area contributed by atoms with Crippen LogP contribution < -0.4 is 16.0 Å². The Labute approximate surface area is 202 Å². The number of alkyl halides is 6. The van der Waals surface area contributed by atoms with Crippen LogP contribution in [0.1, 0.15) is 40.0 Å². The average molecular weight is 527 g/mol. The van der Waals surface area contributed by atoms with Gasteiger partial charge in [-0.3, -0.25) is 24.1 Å². The maximum Gasteiger partial charge on any atom is 0.471 e. The SMILES string of the molecule is CC(C)(C)[C@H](NC(=O)C(F)(F)F)C(=O)N(C(=O)[C@@H]1C[C@@H](C(F)(F)F)CN1)[C@H](C#N)C[C@@H]1CCNC1=O. The predicted molar refractivity (Wildman–Crippen MR) is 110 cm³/mol. The molecule has 36 heavy (non-hydrogen) atoms. The van der Waals surface area contributed by atoms with Crippen LogP contribution >= 0.6 is 0 Å². The Hall–Kier alpha value is -2.89. The summed E-state index contributed by atoms with van der Waals surface area (Å²) < 4.78 is 78.3. The van der Waals surface area contributed by atoms with Crippen molar-refractivity contribution in [1.29, 1.82) is 5.26 Å². The quantitative estimate of drug-likeness (QED) is 0.448. The van der Waals surface area contributed by atoms with Gasteiger partial charge >= 0.3 is 18.3 Å². The Balaban J connectivity index is 2.45. The summed E-state index contributed by atoms with van der Waals surface area (Å²) in [5.41, 5.74) is -1.40. The van der Waals surface area contributed by atoms with Crippen molar-refractivity contribution < 1.29 is 45.5 Å². The molecule has 0 saturated carbocycles. The highest BCUT2D eigenvalue weighted by molar-refractivity contribution is 6.02. The summed E-state index contributed by atoms with van der Waals surface area (Å²) in [7, 11) is 0. The molecule has 0 aromatic heterocycles. The number of rotatable bonds is 6. The molecule has 5 atom stereocenters. The van der Waals surface area contributed by atoms with Gasteiger partial charge < -0.3 is 16.0 Å². The number of halogens is 6. The van der Waals surface area contributed by atoms with E-state index in [1.54, 1.807) is 11.4 Å². The third-order valence-electron chi connectivity index (χ3n) is 6.14. The first-order valence-electron chi connectivity index (χ1n) is 11.1. The van der Waals surface area contributed by atoms with E-state index >= 15 is 0 Å². The molecule has 4 amide bonds. The molecule has 2 rings (SSSR count). The van der Waals surface area contributed by atoms with Gasteiger partial charge in [-0.1, -0.05) is 20.8 Å². The molecule has 2 saturated heterocycles. The van der Waals surface area contributed by atoms with Gasteiger partial charge in [0.15, 0.2) is 0 Å². The third-order valence-corrected chi connectivity index (χ3v) is 6.14. The summed E-state index contributed by atoms with van der Waals surface area (Å²) >= 11 is 0. The normalized spacial score (nSPS) is 24.4. The molecule has 0 aliphatic carbocycles. The molecule has 3 N–H and O–H groups in total. The van der Waals surface area contributed by atoms with Crippen molar-refractivity contribution in [3.8, 4) is 6.07 Å². The summed E-state index contributed by atoms with van der Waals surface area (Å²) in [6, 6.07) is -3.53. The van der Waals surface area contributed by atoms with E-state index in [1.165, 1.54) is 20.8 Å². The van der Waals surface area contributed by atoms with Gasteiger partial charge in [-0.25, -0.2) is 0 Å². The highest BCUT2D eigenvalue weighted by Crippen LogP contribution is 2.34. The maximum atomic E-state index is 13.5. The fourth-order valence-electron chi connectivity index (χ4n) is 4.11. The predicted octanol–water partition coefficient (Wildman–Crippen LogP) is 1.39. The first-order valence-corrected chi connectivity index (χ1v) is 11.1. The molecule has 0 radical (unpaired) electrons. The molecular weight excluding hydrogens is 500 g/mol. The Kier molecular flexibility index (Phi) is 8.65. The number of carbonyl (C=O) groups excluding carboxylic acids is 4. The smallest absolute Gasteiger partial charge is 0.356 e. The lowest BCUT2D eigenvalue weighted by Crippen LogP contribution is -2.62. The van der Waals surface area contributed by atoms with E-state index in [-0.39, 0.29) is 19.4 Å². The van der Waals surface area contributed by atoms with Crippen molar-refractivity contribution in [3.05, 3.63) is 0 Å². The van der Waals surface area contributed by atoms with Crippen molar-refractivity contribution in [1.82, 2.24) is 20.9 Å². The van der Waals surface area contributed by atoms with E-state index < -0.39 is 84.3 Å². The molecule has 0 spiro atoms. The van der Waals surface area contributed by atoms with Crippen LogP contribution in [0.4, 0.5) is 26.3 Å². The zero-order valence-electron chi connectivity index (χ0n) is 19.7. The molecule has 0 aromatic rings. The number of hydrogen-bond acceptors (Lipinski definition) is 6. The number of imide groups is 1. The highest BCUT2D eigenvalue weighted by Gasteiger charge is 2.51. The summed E-state index contributed by atoms with van der Waals surface area (Å²) in [4.78, 5) is 50.8. The molecule has 2 aliphatic heterocycles. The van der Waals surface area contributed by atoms with Crippen molar-refractivity contribution in [3.63, 3.8) is 0 Å². The van der Waals surface area contributed by atoms with Gasteiger partial charge in [0.25, 0.3) is 5.91 Å². The molecule has 2 heterocycles. The van der Waals surface area contributed by atoms with Crippen LogP contribution in [-0.2, 0) is 19.2 Å². The van der Waals surface area contributed by atoms with Crippen molar-refractivity contribution >= 4 is 23.6 Å².